The lowest BCUT2D eigenvalue weighted by Crippen LogP contribution is -2.33. The van der Waals surface area contributed by atoms with Gasteiger partial charge in [-0.05, 0) is 48.6 Å². The van der Waals surface area contributed by atoms with Gasteiger partial charge >= 0.3 is 5.97 Å². The van der Waals surface area contributed by atoms with E-state index < -0.39 is 5.97 Å². The number of hydrogen-bond donors (Lipinski definition) is 2. The summed E-state index contributed by atoms with van der Waals surface area (Å²) in [5, 5.41) is 15.5. The summed E-state index contributed by atoms with van der Waals surface area (Å²) >= 11 is 1.65. The Morgan fingerprint density at radius 3 is 2.72 bits per heavy atom. The van der Waals surface area contributed by atoms with Crippen molar-refractivity contribution < 1.29 is 14.7 Å². The smallest absolute Gasteiger partial charge is 0.303 e. The number of aliphatic carboxylic acids is 1. The summed E-state index contributed by atoms with van der Waals surface area (Å²) in [6.07, 6.45) is 2.56. The third-order valence-corrected chi connectivity index (χ3v) is 3.31. The molecule has 1 aromatic heterocycles. The van der Waals surface area contributed by atoms with Gasteiger partial charge < -0.3 is 10.4 Å². The van der Waals surface area contributed by atoms with Crippen LogP contribution in [0.4, 0.5) is 0 Å². The Morgan fingerprint density at radius 2 is 2.11 bits per heavy atom. The summed E-state index contributed by atoms with van der Waals surface area (Å²) in [7, 11) is 0. The number of hydrogen-bond acceptors (Lipinski definition) is 3. The van der Waals surface area contributed by atoms with Crippen LogP contribution in [-0.4, -0.2) is 23.0 Å². The van der Waals surface area contributed by atoms with E-state index in [1.54, 1.807) is 11.3 Å². The Labute approximate surface area is 111 Å². The highest BCUT2D eigenvalue weighted by Crippen LogP contribution is 2.08. The first-order valence-corrected chi connectivity index (χ1v) is 7.04. The summed E-state index contributed by atoms with van der Waals surface area (Å²) < 4.78 is 0. The maximum atomic E-state index is 11.6. The lowest BCUT2D eigenvalue weighted by Gasteiger charge is -2.12. The fraction of sp³-hybridized carbons (Fsp3) is 0.538. The number of carbonyl (C=O) groups is 2. The molecule has 0 radical (unpaired) electrons. The molecule has 18 heavy (non-hydrogen) atoms. The average molecular weight is 269 g/mol. The van der Waals surface area contributed by atoms with Gasteiger partial charge in [0.2, 0.25) is 5.91 Å². The Balaban J connectivity index is 2.13. The average Bonchev–Trinajstić information content (AvgIpc) is 2.76. The highest BCUT2D eigenvalue weighted by Gasteiger charge is 2.08. The highest BCUT2D eigenvalue weighted by atomic mass is 32.1. The molecule has 0 saturated heterocycles. The van der Waals surface area contributed by atoms with Crippen molar-refractivity contribution in [2.24, 2.45) is 0 Å². The second-order valence-corrected chi connectivity index (χ2v) is 5.19. The van der Waals surface area contributed by atoms with Crippen molar-refractivity contribution >= 4 is 23.2 Å². The Kier molecular flexibility index (Phi) is 6.43. The molecule has 4 nitrogen and oxygen atoms in total. The second kappa shape index (κ2) is 7.87. The van der Waals surface area contributed by atoms with Crippen LogP contribution in [0.15, 0.2) is 16.8 Å². The van der Waals surface area contributed by atoms with Gasteiger partial charge in [-0.2, -0.15) is 11.3 Å². The van der Waals surface area contributed by atoms with Crippen LogP contribution in [-0.2, 0) is 16.0 Å². The molecule has 0 spiro atoms. The number of amides is 1. The monoisotopic (exact) mass is 269 g/mol. The van der Waals surface area contributed by atoms with Crippen molar-refractivity contribution in [3.63, 3.8) is 0 Å². The van der Waals surface area contributed by atoms with Crippen LogP contribution in [0.2, 0.25) is 0 Å². The number of nitrogens with one attached hydrogen (secondary N) is 1. The SMILES string of the molecule is CC(Cc1ccsc1)NC(=O)CCCCC(=O)O. The standard InChI is InChI=1S/C13H19NO3S/c1-10(8-11-6-7-18-9-11)14-12(15)4-2-3-5-13(16)17/h6-7,9-10H,2-5,8H2,1H3,(H,14,15)(H,16,17). The van der Waals surface area contributed by atoms with Gasteiger partial charge in [-0.3, -0.25) is 9.59 Å². The molecule has 0 fully saturated rings. The topological polar surface area (TPSA) is 66.4 Å². The third-order valence-electron chi connectivity index (χ3n) is 2.57. The number of carboxylic acids is 1. The van der Waals surface area contributed by atoms with Crippen LogP contribution in [0.25, 0.3) is 0 Å². The van der Waals surface area contributed by atoms with Crippen LogP contribution in [0, 0.1) is 0 Å². The number of carboxylic acid groups (broad SMARTS) is 1. The van der Waals surface area contributed by atoms with Crippen LogP contribution in [0.3, 0.4) is 0 Å². The third kappa shape index (κ3) is 6.39. The molecule has 1 rings (SSSR count). The van der Waals surface area contributed by atoms with Crippen LogP contribution >= 0.6 is 11.3 Å². The lowest BCUT2D eigenvalue weighted by molar-refractivity contribution is -0.137. The molecule has 1 amide bonds. The van der Waals surface area contributed by atoms with Gasteiger partial charge in [-0.1, -0.05) is 0 Å². The van der Waals surface area contributed by atoms with Gasteiger partial charge in [-0.25, -0.2) is 0 Å². The van der Waals surface area contributed by atoms with Gasteiger partial charge in [-0.15, -0.1) is 0 Å². The molecule has 0 saturated carbocycles. The summed E-state index contributed by atoms with van der Waals surface area (Å²) in [6, 6.07) is 2.17. The second-order valence-electron chi connectivity index (χ2n) is 4.41. The molecular formula is C13H19NO3S. The molecular weight excluding hydrogens is 250 g/mol. The van der Waals surface area contributed by atoms with E-state index in [-0.39, 0.29) is 18.4 Å². The number of rotatable bonds is 8. The molecule has 100 valence electrons. The van der Waals surface area contributed by atoms with Crippen molar-refractivity contribution in [1.29, 1.82) is 0 Å². The van der Waals surface area contributed by atoms with E-state index >= 15 is 0 Å². The number of carbonyl (C=O) groups excluding carboxylic acids is 1. The zero-order valence-corrected chi connectivity index (χ0v) is 11.3. The highest BCUT2D eigenvalue weighted by molar-refractivity contribution is 7.07. The lowest BCUT2D eigenvalue weighted by atomic mass is 10.1. The first kappa shape index (κ1) is 14.7. The van der Waals surface area contributed by atoms with Gasteiger partial charge in [0.05, 0.1) is 0 Å². The Bertz CT molecular complexity index is 376. The fourth-order valence-corrected chi connectivity index (χ4v) is 2.40. The molecule has 1 aromatic rings. The van der Waals surface area contributed by atoms with E-state index in [1.165, 1.54) is 5.56 Å². The quantitative estimate of drug-likeness (QED) is 0.712. The van der Waals surface area contributed by atoms with Crippen molar-refractivity contribution in [3.8, 4) is 0 Å². The van der Waals surface area contributed by atoms with Gasteiger partial charge in [0.15, 0.2) is 0 Å². The van der Waals surface area contributed by atoms with E-state index in [0.29, 0.717) is 19.3 Å². The van der Waals surface area contributed by atoms with Gasteiger partial charge in [0.1, 0.15) is 0 Å². The Hall–Kier alpha value is -1.36. The van der Waals surface area contributed by atoms with E-state index in [9.17, 15) is 9.59 Å². The maximum Gasteiger partial charge on any atom is 0.303 e. The molecule has 0 aliphatic heterocycles. The van der Waals surface area contributed by atoms with Gasteiger partial charge in [0, 0.05) is 18.9 Å². The molecule has 0 aliphatic rings. The predicted molar refractivity (Wildman–Crippen MR) is 71.7 cm³/mol. The Morgan fingerprint density at radius 1 is 1.39 bits per heavy atom. The minimum atomic E-state index is -0.804. The molecule has 5 heteroatoms. The molecule has 0 aliphatic carbocycles. The van der Waals surface area contributed by atoms with E-state index in [4.69, 9.17) is 5.11 Å². The first-order chi connectivity index (χ1) is 8.58. The first-order valence-electron chi connectivity index (χ1n) is 6.10. The van der Waals surface area contributed by atoms with Crippen LogP contribution in [0.1, 0.15) is 38.2 Å². The minimum absolute atomic E-state index is 0.00289. The van der Waals surface area contributed by atoms with Crippen molar-refractivity contribution in [2.45, 2.75) is 45.1 Å². The fourth-order valence-electron chi connectivity index (χ4n) is 1.72. The predicted octanol–water partition coefficient (Wildman–Crippen LogP) is 2.44. The summed E-state index contributed by atoms with van der Waals surface area (Å²) in [5.41, 5.74) is 1.23. The maximum absolute atomic E-state index is 11.6. The normalized spacial score (nSPS) is 12.1. The number of thiophene rings is 1. The molecule has 1 unspecified atom stereocenters. The summed E-state index contributed by atoms with van der Waals surface area (Å²) in [4.78, 5) is 21.9. The zero-order chi connectivity index (χ0) is 13.4. The van der Waals surface area contributed by atoms with Gasteiger partial charge in [0.25, 0.3) is 0 Å². The van der Waals surface area contributed by atoms with E-state index in [0.717, 1.165) is 6.42 Å². The van der Waals surface area contributed by atoms with Crippen molar-refractivity contribution in [3.05, 3.63) is 22.4 Å². The summed E-state index contributed by atoms with van der Waals surface area (Å²) in [5.74, 6) is -0.802. The molecule has 2 N–H and O–H groups in total. The van der Waals surface area contributed by atoms with Crippen molar-refractivity contribution in [2.75, 3.05) is 0 Å². The van der Waals surface area contributed by atoms with E-state index in [2.05, 4.69) is 16.8 Å². The van der Waals surface area contributed by atoms with Crippen molar-refractivity contribution in [1.82, 2.24) is 5.32 Å². The summed E-state index contributed by atoms with van der Waals surface area (Å²) in [6.45, 7) is 1.98. The molecule has 0 bridgehead atoms. The van der Waals surface area contributed by atoms with E-state index in [1.807, 2.05) is 12.3 Å². The zero-order valence-electron chi connectivity index (χ0n) is 10.5. The van der Waals surface area contributed by atoms with Crippen LogP contribution in [0.5, 0.6) is 0 Å². The van der Waals surface area contributed by atoms with Crippen LogP contribution < -0.4 is 5.32 Å². The minimum Gasteiger partial charge on any atom is -0.481 e. The molecule has 1 heterocycles. The largest absolute Gasteiger partial charge is 0.481 e. The molecule has 1 atom stereocenters. The number of unbranched alkanes of at least 4 members (excludes halogenated alkanes) is 1. The molecule has 0 aromatic carbocycles.